The Hall–Kier alpha value is -0.560. The molecule has 0 aliphatic rings. The van der Waals surface area contributed by atoms with E-state index in [0.29, 0.717) is 0 Å². The van der Waals surface area contributed by atoms with Gasteiger partial charge in [0.2, 0.25) is 6.17 Å². The zero-order valence-corrected chi connectivity index (χ0v) is 5.76. The summed E-state index contributed by atoms with van der Waals surface area (Å²) in [5, 5.41) is 0. The van der Waals surface area contributed by atoms with Crippen LogP contribution < -0.4 is 0 Å². The van der Waals surface area contributed by atoms with Gasteiger partial charge in [-0.3, -0.25) is 0 Å². The SMILES string of the molecule is F[CH]C(F)C(F)(F)C(F)C(F)(F)F. The molecule has 0 heterocycles. The van der Waals surface area contributed by atoms with Crippen LogP contribution in [-0.2, 0) is 0 Å². The lowest BCUT2D eigenvalue weighted by Gasteiger charge is -2.23. The van der Waals surface area contributed by atoms with Crippen LogP contribution in [0, 0.1) is 6.67 Å². The lowest BCUT2D eigenvalue weighted by molar-refractivity contribution is -0.257. The molecule has 0 nitrogen and oxygen atoms in total. The van der Waals surface area contributed by atoms with Crippen LogP contribution in [0.1, 0.15) is 0 Å². The summed E-state index contributed by atoms with van der Waals surface area (Å²) in [7, 11) is 0. The molecule has 0 spiro atoms. The third-order valence-electron chi connectivity index (χ3n) is 1.10. The Morgan fingerprint density at radius 1 is 0.923 bits per heavy atom. The number of halogens is 8. The number of hydrogen-bond acceptors (Lipinski definition) is 0. The average Bonchev–Trinajstić information content (AvgIpc) is 1.99. The van der Waals surface area contributed by atoms with E-state index in [0.717, 1.165) is 0 Å². The minimum Gasteiger partial charge on any atom is -0.241 e. The Labute approximate surface area is 67.5 Å². The first-order valence-electron chi connectivity index (χ1n) is 2.80. The van der Waals surface area contributed by atoms with E-state index in [1.165, 1.54) is 0 Å². The average molecular weight is 215 g/mol. The molecule has 0 aliphatic carbocycles. The minimum atomic E-state index is -5.92. The number of hydrogen-bond donors (Lipinski definition) is 0. The molecule has 0 saturated carbocycles. The summed E-state index contributed by atoms with van der Waals surface area (Å²) in [6.45, 7) is -1.34. The molecule has 13 heavy (non-hydrogen) atoms. The number of alkyl halides is 7. The molecule has 0 aromatic heterocycles. The lowest BCUT2D eigenvalue weighted by atomic mass is 10.1. The summed E-state index contributed by atoms with van der Waals surface area (Å²) in [5.74, 6) is -5.44. The van der Waals surface area contributed by atoms with Gasteiger partial charge in [-0.05, 0) is 0 Å². The molecule has 79 valence electrons. The van der Waals surface area contributed by atoms with Crippen LogP contribution in [0.2, 0.25) is 0 Å². The van der Waals surface area contributed by atoms with Crippen molar-refractivity contribution < 1.29 is 35.1 Å². The van der Waals surface area contributed by atoms with Gasteiger partial charge in [0, 0.05) is 0 Å². The molecule has 0 aromatic carbocycles. The van der Waals surface area contributed by atoms with Crippen LogP contribution in [0.25, 0.3) is 0 Å². The fourth-order valence-electron chi connectivity index (χ4n) is 0.442. The van der Waals surface area contributed by atoms with Gasteiger partial charge in [-0.15, -0.1) is 0 Å². The summed E-state index contributed by atoms with van der Waals surface area (Å²) >= 11 is 0. The summed E-state index contributed by atoms with van der Waals surface area (Å²) in [6.07, 6.45) is -14.6. The monoisotopic (exact) mass is 215 g/mol. The summed E-state index contributed by atoms with van der Waals surface area (Å²) < 4.78 is 92.5. The van der Waals surface area contributed by atoms with Gasteiger partial charge in [0.1, 0.15) is 0 Å². The molecule has 0 bridgehead atoms. The Morgan fingerprint density at radius 2 is 1.31 bits per heavy atom. The van der Waals surface area contributed by atoms with Gasteiger partial charge in [0.15, 0.2) is 6.67 Å². The topological polar surface area (TPSA) is 0 Å². The van der Waals surface area contributed by atoms with Crippen molar-refractivity contribution in [3.63, 3.8) is 0 Å². The van der Waals surface area contributed by atoms with Crippen LogP contribution in [0.15, 0.2) is 0 Å². The van der Waals surface area contributed by atoms with Crippen molar-refractivity contribution >= 4 is 0 Å². The van der Waals surface area contributed by atoms with Gasteiger partial charge in [0.05, 0.1) is 0 Å². The molecule has 2 atom stereocenters. The fraction of sp³-hybridized carbons (Fsp3) is 0.800. The van der Waals surface area contributed by atoms with Crippen LogP contribution >= 0.6 is 0 Å². The molecule has 2 unspecified atom stereocenters. The van der Waals surface area contributed by atoms with Crippen molar-refractivity contribution in [1.29, 1.82) is 0 Å². The molecule has 0 aliphatic heterocycles. The Kier molecular flexibility index (Phi) is 3.51. The maximum Gasteiger partial charge on any atom is 0.425 e. The molecule has 8 heteroatoms. The maximum atomic E-state index is 12.0. The van der Waals surface area contributed by atoms with Gasteiger partial charge in [0.25, 0.3) is 6.17 Å². The van der Waals surface area contributed by atoms with Crippen molar-refractivity contribution in [2.45, 2.75) is 24.4 Å². The van der Waals surface area contributed by atoms with Crippen molar-refractivity contribution in [3.8, 4) is 0 Å². The molecule has 0 saturated heterocycles. The van der Waals surface area contributed by atoms with Crippen LogP contribution in [0.4, 0.5) is 35.1 Å². The highest BCUT2D eigenvalue weighted by Crippen LogP contribution is 2.38. The second kappa shape index (κ2) is 3.67. The predicted molar refractivity (Wildman–Crippen MR) is 26.2 cm³/mol. The van der Waals surface area contributed by atoms with Crippen molar-refractivity contribution in [3.05, 3.63) is 6.67 Å². The molecule has 0 aromatic rings. The summed E-state index contributed by atoms with van der Waals surface area (Å²) in [4.78, 5) is 0. The smallest absolute Gasteiger partial charge is 0.241 e. The van der Waals surface area contributed by atoms with Gasteiger partial charge in [-0.25, -0.2) is 13.2 Å². The first kappa shape index (κ1) is 12.4. The van der Waals surface area contributed by atoms with Crippen LogP contribution in [0.5, 0.6) is 0 Å². The minimum absolute atomic E-state index is 1.34. The Morgan fingerprint density at radius 3 is 1.54 bits per heavy atom. The quantitative estimate of drug-likeness (QED) is 0.635. The second-order valence-electron chi connectivity index (χ2n) is 2.11. The van der Waals surface area contributed by atoms with E-state index in [-0.39, 0.29) is 0 Å². The summed E-state index contributed by atoms with van der Waals surface area (Å²) in [6, 6.07) is 0. The molecule has 0 rings (SSSR count). The number of rotatable bonds is 3. The van der Waals surface area contributed by atoms with E-state index in [2.05, 4.69) is 0 Å². The largest absolute Gasteiger partial charge is 0.425 e. The van der Waals surface area contributed by atoms with Crippen molar-refractivity contribution in [1.82, 2.24) is 0 Å². The van der Waals surface area contributed by atoms with Crippen LogP contribution in [-0.4, -0.2) is 24.4 Å². The molecule has 1 radical (unpaired) electrons. The van der Waals surface area contributed by atoms with Gasteiger partial charge in [-0.1, -0.05) is 0 Å². The fourth-order valence-corrected chi connectivity index (χ4v) is 0.442. The zero-order chi connectivity index (χ0) is 10.9. The van der Waals surface area contributed by atoms with Crippen molar-refractivity contribution in [2.24, 2.45) is 0 Å². The van der Waals surface area contributed by atoms with E-state index >= 15 is 0 Å². The highest BCUT2D eigenvalue weighted by atomic mass is 19.4. The molecule has 0 N–H and O–H groups in total. The third-order valence-corrected chi connectivity index (χ3v) is 1.10. The van der Waals surface area contributed by atoms with Gasteiger partial charge in [-0.2, -0.15) is 22.0 Å². The van der Waals surface area contributed by atoms with E-state index in [4.69, 9.17) is 0 Å². The summed E-state index contributed by atoms with van der Waals surface area (Å²) in [5.41, 5.74) is 0. The molecule has 0 amide bonds. The van der Waals surface area contributed by atoms with Crippen molar-refractivity contribution in [2.75, 3.05) is 0 Å². The highest BCUT2D eigenvalue weighted by Gasteiger charge is 2.61. The van der Waals surface area contributed by atoms with Gasteiger partial charge >= 0.3 is 12.1 Å². The third kappa shape index (κ3) is 2.70. The Balaban J connectivity index is 4.63. The lowest BCUT2D eigenvalue weighted by Crippen LogP contribution is -2.47. The standard InChI is InChI=1S/C5H3F8/c6-1-2(7)4(9,10)3(8)5(11,12)13/h1-3H. The highest BCUT2D eigenvalue weighted by molar-refractivity contribution is 4.92. The first-order chi connectivity index (χ1) is 5.64. The second-order valence-corrected chi connectivity index (χ2v) is 2.11. The molecule has 0 fully saturated rings. The maximum absolute atomic E-state index is 12.0. The normalized spacial score (nSPS) is 18.5. The zero-order valence-electron chi connectivity index (χ0n) is 5.76. The van der Waals surface area contributed by atoms with E-state index in [1.807, 2.05) is 0 Å². The Bertz CT molecular complexity index is 160. The molecular weight excluding hydrogens is 212 g/mol. The van der Waals surface area contributed by atoms with E-state index < -0.39 is 31.1 Å². The molecular formula is C5H3F8. The first-order valence-corrected chi connectivity index (χ1v) is 2.80. The van der Waals surface area contributed by atoms with E-state index in [9.17, 15) is 35.1 Å². The predicted octanol–water partition coefficient (Wildman–Crippen LogP) is 2.99. The van der Waals surface area contributed by atoms with Gasteiger partial charge < -0.3 is 0 Å². The van der Waals surface area contributed by atoms with E-state index in [1.54, 1.807) is 0 Å². The van der Waals surface area contributed by atoms with Crippen LogP contribution in [0.3, 0.4) is 0 Å².